The zero-order valence-electron chi connectivity index (χ0n) is 20.9. The number of hydrogen-bond donors (Lipinski definition) is 2. The lowest BCUT2D eigenvalue weighted by atomic mass is 10.1. The van der Waals surface area contributed by atoms with Crippen molar-refractivity contribution in [1.29, 1.82) is 0 Å². The molecule has 0 aliphatic heterocycles. The van der Waals surface area contributed by atoms with Crippen LogP contribution < -0.4 is 16.6 Å². The molecule has 0 saturated heterocycles. The Hall–Kier alpha value is -4.24. The summed E-state index contributed by atoms with van der Waals surface area (Å²) < 4.78 is 12.0. The second-order valence-electron chi connectivity index (χ2n) is 7.52. The van der Waals surface area contributed by atoms with Crippen LogP contribution in [0.1, 0.15) is 32.2 Å². The molecule has 9 heteroatoms. The third-order valence-corrected chi connectivity index (χ3v) is 4.99. The second-order valence-corrected chi connectivity index (χ2v) is 7.52. The van der Waals surface area contributed by atoms with Crippen molar-refractivity contribution in [2.45, 2.75) is 33.7 Å². The molecule has 4 aromatic rings. The van der Waals surface area contributed by atoms with Crippen LogP contribution in [0.25, 0.3) is 22.6 Å². The minimum Gasteiger partial charge on any atom is -0.480 e. The summed E-state index contributed by atoms with van der Waals surface area (Å²) in [7, 11) is 0. The van der Waals surface area contributed by atoms with Crippen molar-refractivity contribution in [2.24, 2.45) is 5.73 Å². The standard InChI is InChI=1S/C25H26N6O3.C2H6/c1-3-33-17(2)27-21-6-4-5-18(15-21)16-31-24(32)12-11-22(29-31)19-7-9-20(10-8-19)25-28-23(13-14-26)34-30-25;1-2/h4-12,15,27H,2-3,13-14,16,26H2,1H3;1-2H3. The normalized spacial score (nSPS) is 10.3. The van der Waals surface area contributed by atoms with E-state index in [9.17, 15) is 4.79 Å². The average molecular weight is 489 g/mol. The second kappa shape index (κ2) is 13.0. The summed E-state index contributed by atoms with van der Waals surface area (Å²) in [6.07, 6.45) is 0.538. The van der Waals surface area contributed by atoms with Crippen molar-refractivity contribution in [3.63, 3.8) is 0 Å². The highest BCUT2D eigenvalue weighted by Crippen LogP contribution is 2.22. The highest BCUT2D eigenvalue weighted by Gasteiger charge is 2.10. The summed E-state index contributed by atoms with van der Waals surface area (Å²) >= 11 is 0. The number of nitrogens with two attached hydrogens (primary N) is 1. The fourth-order valence-electron chi connectivity index (χ4n) is 3.40. The van der Waals surface area contributed by atoms with E-state index in [1.54, 1.807) is 6.07 Å². The largest absolute Gasteiger partial charge is 0.480 e. The van der Waals surface area contributed by atoms with E-state index in [1.807, 2.05) is 69.3 Å². The summed E-state index contributed by atoms with van der Waals surface area (Å²) in [5.41, 5.74) is 9.46. The molecule has 0 saturated carbocycles. The van der Waals surface area contributed by atoms with E-state index < -0.39 is 0 Å². The molecule has 0 unspecified atom stereocenters. The Labute approximate surface area is 210 Å². The fourth-order valence-corrected chi connectivity index (χ4v) is 3.40. The molecule has 2 heterocycles. The van der Waals surface area contributed by atoms with E-state index in [0.717, 1.165) is 22.4 Å². The molecule has 188 valence electrons. The summed E-state index contributed by atoms with van der Waals surface area (Å²) in [4.78, 5) is 16.8. The molecule has 0 spiro atoms. The third-order valence-electron chi connectivity index (χ3n) is 4.99. The molecule has 3 N–H and O–H groups in total. The first-order valence-corrected chi connectivity index (χ1v) is 11.9. The summed E-state index contributed by atoms with van der Waals surface area (Å²) in [5.74, 6) is 1.49. The molecule has 0 fully saturated rings. The van der Waals surface area contributed by atoms with Crippen molar-refractivity contribution >= 4 is 5.69 Å². The van der Waals surface area contributed by atoms with Gasteiger partial charge in [0.05, 0.1) is 18.8 Å². The maximum Gasteiger partial charge on any atom is 0.267 e. The van der Waals surface area contributed by atoms with E-state index in [-0.39, 0.29) is 5.56 Å². The van der Waals surface area contributed by atoms with Gasteiger partial charge in [0.15, 0.2) is 5.88 Å². The van der Waals surface area contributed by atoms with Gasteiger partial charge in [0.25, 0.3) is 5.56 Å². The molecular weight excluding hydrogens is 456 g/mol. The highest BCUT2D eigenvalue weighted by molar-refractivity contribution is 5.64. The van der Waals surface area contributed by atoms with Crippen molar-refractivity contribution in [2.75, 3.05) is 18.5 Å². The van der Waals surface area contributed by atoms with Gasteiger partial charge in [0.1, 0.15) is 0 Å². The van der Waals surface area contributed by atoms with Crippen LogP contribution in [0.3, 0.4) is 0 Å². The van der Waals surface area contributed by atoms with Gasteiger partial charge in [0, 0.05) is 35.8 Å². The maximum absolute atomic E-state index is 12.5. The van der Waals surface area contributed by atoms with Crippen LogP contribution in [0, 0.1) is 0 Å². The van der Waals surface area contributed by atoms with Crippen LogP contribution in [0.15, 0.2) is 82.4 Å². The van der Waals surface area contributed by atoms with Crippen LogP contribution in [-0.4, -0.2) is 33.1 Å². The lowest BCUT2D eigenvalue weighted by molar-refractivity contribution is 0.236. The molecule has 0 bridgehead atoms. The first-order valence-electron chi connectivity index (χ1n) is 11.9. The van der Waals surface area contributed by atoms with Gasteiger partial charge in [0.2, 0.25) is 11.7 Å². The predicted octanol–water partition coefficient (Wildman–Crippen LogP) is 4.46. The van der Waals surface area contributed by atoms with E-state index in [1.165, 1.54) is 10.7 Å². The van der Waals surface area contributed by atoms with E-state index in [0.29, 0.717) is 49.4 Å². The third kappa shape index (κ3) is 6.89. The number of nitrogens with zero attached hydrogens (tertiary/aromatic N) is 4. The van der Waals surface area contributed by atoms with Gasteiger partial charge in [-0.3, -0.25) is 4.79 Å². The number of rotatable bonds is 10. The molecule has 0 radical (unpaired) electrons. The summed E-state index contributed by atoms with van der Waals surface area (Å²) in [6.45, 7) is 11.0. The van der Waals surface area contributed by atoms with Gasteiger partial charge in [-0.2, -0.15) is 10.1 Å². The Bertz CT molecular complexity index is 1330. The molecular formula is C27H32N6O3. The van der Waals surface area contributed by atoms with Crippen LogP contribution in [-0.2, 0) is 17.7 Å². The fraction of sp³-hybridized carbons (Fsp3) is 0.259. The van der Waals surface area contributed by atoms with Crippen LogP contribution >= 0.6 is 0 Å². The SMILES string of the molecule is C=C(Nc1cccc(Cn2nc(-c3ccc(-c4noc(CCN)n4)cc3)ccc2=O)c1)OCC.CC. The van der Waals surface area contributed by atoms with Crippen molar-refractivity contribution in [3.8, 4) is 22.6 Å². The summed E-state index contributed by atoms with van der Waals surface area (Å²) in [6, 6.07) is 18.5. The number of aromatic nitrogens is 4. The molecule has 0 aliphatic rings. The molecule has 4 rings (SSSR count). The Morgan fingerprint density at radius 2 is 1.86 bits per heavy atom. The van der Waals surface area contributed by atoms with Gasteiger partial charge >= 0.3 is 0 Å². The Morgan fingerprint density at radius 3 is 2.58 bits per heavy atom. The lowest BCUT2D eigenvalue weighted by Crippen LogP contribution is -2.22. The molecule has 0 aliphatic carbocycles. The molecule has 2 aromatic carbocycles. The minimum absolute atomic E-state index is 0.184. The van der Waals surface area contributed by atoms with Gasteiger partial charge in [-0.1, -0.05) is 55.4 Å². The van der Waals surface area contributed by atoms with Gasteiger partial charge in [-0.05, 0) is 37.3 Å². The summed E-state index contributed by atoms with van der Waals surface area (Å²) in [5, 5.41) is 11.7. The van der Waals surface area contributed by atoms with Gasteiger partial charge in [-0.15, -0.1) is 0 Å². The Morgan fingerprint density at radius 1 is 1.11 bits per heavy atom. The van der Waals surface area contributed by atoms with Gasteiger partial charge < -0.3 is 20.3 Å². The predicted molar refractivity (Wildman–Crippen MR) is 141 cm³/mol. The first kappa shape index (κ1) is 26.4. The van der Waals surface area contributed by atoms with E-state index in [4.69, 9.17) is 15.0 Å². The number of benzene rings is 2. The van der Waals surface area contributed by atoms with E-state index >= 15 is 0 Å². The zero-order chi connectivity index (χ0) is 25.9. The lowest BCUT2D eigenvalue weighted by Gasteiger charge is -2.12. The van der Waals surface area contributed by atoms with Crippen molar-refractivity contribution in [1.82, 2.24) is 19.9 Å². The molecule has 2 aromatic heterocycles. The van der Waals surface area contributed by atoms with Crippen molar-refractivity contribution < 1.29 is 9.26 Å². The average Bonchev–Trinajstić information content (AvgIpc) is 3.36. The molecule has 0 atom stereocenters. The van der Waals surface area contributed by atoms with Crippen molar-refractivity contribution in [3.05, 3.63) is 94.9 Å². The smallest absolute Gasteiger partial charge is 0.267 e. The number of ether oxygens (including phenoxy) is 1. The number of nitrogens with one attached hydrogen (secondary N) is 1. The number of hydrogen-bond acceptors (Lipinski definition) is 8. The first-order chi connectivity index (χ1) is 17.6. The molecule has 0 amide bonds. The van der Waals surface area contributed by atoms with Crippen LogP contribution in [0.4, 0.5) is 5.69 Å². The topological polar surface area (TPSA) is 121 Å². The minimum atomic E-state index is -0.184. The zero-order valence-corrected chi connectivity index (χ0v) is 20.9. The number of anilines is 1. The van der Waals surface area contributed by atoms with E-state index in [2.05, 4.69) is 27.1 Å². The Kier molecular flexibility index (Phi) is 9.53. The molecule has 9 nitrogen and oxygen atoms in total. The highest BCUT2D eigenvalue weighted by atomic mass is 16.5. The van der Waals surface area contributed by atoms with Crippen LogP contribution in [0.5, 0.6) is 0 Å². The maximum atomic E-state index is 12.5. The molecule has 36 heavy (non-hydrogen) atoms. The monoisotopic (exact) mass is 488 g/mol. The quantitative estimate of drug-likeness (QED) is 0.314. The van der Waals surface area contributed by atoms with Crippen LogP contribution in [0.2, 0.25) is 0 Å². The Balaban J connectivity index is 0.00000176. The van der Waals surface area contributed by atoms with Gasteiger partial charge in [-0.25, -0.2) is 4.68 Å².